The number of primary amides is 1. The van der Waals surface area contributed by atoms with Crippen LogP contribution >= 0.6 is 0 Å². The average molecular weight is 378 g/mol. The zero-order valence-electron chi connectivity index (χ0n) is 15.0. The summed E-state index contributed by atoms with van der Waals surface area (Å²) >= 11 is 0. The predicted molar refractivity (Wildman–Crippen MR) is 95.5 cm³/mol. The first-order valence-corrected chi connectivity index (χ1v) is 8.66. The van der Waals surface area contributed by atoms with Crippen molar-refractivity contribution in [2.24, 2.45) is 5.73 Å². The van der Waals surface area contributed by atoms with Crippen molar-refractivity contribution in [3.8, 4) is 5.75 Å². The number of alkyl halides is 3. The second-order valence-corrected chi connectivity index (χ2v) is 6.89. The van der Waals surface area contributed by atoms with Crippen LogP contribution < -0.4 is 15.8 Å². The summed E-state index contributed by atoms with van der Waals surface area (Å²) in [6.45, 7) is 3.88. The molecule has 2 atom stereocenters. The minimum atomic E-state index is -4.46. The molecular formula is C20H21F3N2O2. The van der Waals surface area contributed by atoms with E-state index in [0.717, 1.165) is 0 Å². The molecule has 0 fully saturated rings. The van der Waals surface area contributed by atoms with Gasteiger partial charge in [-0.25, -0.2) is 0 Å². The van der Waals surface area contributed by atoms with Gasteiger partial charge in [0, 0.05) is 18.2 Å². The topological polar surface area (TPSA) is 64.3 Å². The van der Waals surface area contributed by atoms with Gasteiger partial charge in [-0.05, 0) is 54.8 Å². The van der Waals surface area contributed by atoms with E-state index in [4.69, 9.17) is 10.5 Å². The molecule has 0 radical (unpaired) electrons. The number of rotatable bonds is 5. The smallest absolute Gasteiger partial charge is 0.397 e. The van der Waals surface area contributed by atoms with Crippen LogP contribution in [0.2, 0.25) is 0 Å². The Kier molecular flexibility index (Phi) is 5.15. The van der Waals surface area contributed by atoms with Gasteiger partial charge in [-0.3, -0.25) is 4.79 Å². The average Bonchev–Trinajstić information content (AvgIpc) is 2.96. The van der Waals surface area contributed by atoms with Gasteiger partial charge in [-0.15, -0.1) is 0 Å². The van der Waals surface area contributed by atoms with Crippen molar-refractivity contribution in [1.29, 1.82) is 0 Å². The first-order chi connectivity index (χ1) is 12.7. The van der Waals surface area contributed by atoms with Crippen LogP contribution in [0.5, 0.6) is 5.75 Å². The van der Waals surface area contributed by atoms with Crippen LogP contribution in [0.3, 0.4) is 0 Å². The normalized spacial score (nSPS) is 17.6. The van der Waals surface area contributed by atoms with Gasteiger partial charge < -0.3 is 15.8 Å². The quantitative estimate of drug-likeness (QED) is 0.825. The highest BCUT2D eigenvalue weighted by Gasteiger charge is 2.48. The molecule has 2 aromatic rings. The molecular weight excluding hydrogens is 357 g/mol. The SMILES string of the molecule is CC(C)Oc1cccc([C@H](C2NCc3cc(C(N)=O)ccc32)C(F)(F)F)c1. The Bertz CT molecular complexity index is 849. The van der Waals surface area contributed by atoms with E-state index in [0.29, 0.717) is 16.9 Å². The second kappa shape index (κ2) is 7.23. The van der Waals surface area contributed by atoms with Crippen LogP contribution in [0, 0.1) is 0 Å². The Morgan fingerprint density at radius 1 is 1.22 bits per heavy atom. The lowest BCUT2D eigenvalue weighted by atomic mass is 9.86. The maximum absolute atomic E-state index is 14.0. The number of halogens is 3. The van der Waals surface area contributed by atoms with Crippen molar-refractivity contribution < 1.29 is 22.7 Å². The summed E-state index contributed by atoms with van der Waals surface area (Å²) < 4.78 is 47.5. The molecule has 0 aromatic heterocycles. The van der Waals surface area contributed by atoms with E-state index in [1.165, 1.54) is 18.2 Å². The molecule has 0 saturated heterocycles. The first-order valence-electron chi connectivity index (χ1n) is 8.66. The van der Waals surface area contributed by atoms with Gasteiger partial charge in [0.1, 0.15) is 5.75 Å². The molecule has 0 aliphatic carbocycles. The molecule has 4 nitrogen and oxygen atoms in total. The number of benzene rings is 2. The molecule has 1 amide bonds. The predicted octanol–water partition coefficient (Wildman–Crippen LogP) is 4.06. The number of amides is 1. The summed E-state index contributed by atoms with van der Waals surface area (Å²) in [7, 11) is 0. The fourth-order valence-corrected chi connectivity index (χ4v) is 3.47. The standard InChI is InChI=1S/C20H21F3N2O2/c1-11(2)27-15-5-3-4-12(9-15)17(20(21,22)23)18-16-7-6-13(19(24)26)8-14(16)10-25-18/h3-9,11,17-18,25H,10H2,1-2H3,(H2,24,26)/t17-,18?/m1/s1. The molecule has 7 heteroatoms. The fourth-order valence-electron chi connectivity index (χ4n) is 3.47. The molecule has 3 N–H and O–H groups in total. The maximum Gasteiger partial charge on any atom is 0.397 e. The number of ether oxygens (including phenoxy) is 1. The Hall–Kier alpha value is -2.54. The molecule has 27 heavy (non-hydrogen) atoms. The minimum Gasteiger partial charge on any atom is -0.491 e. The van der Waals surface area contributed by atoms with Gasteiger partial charge in [-0.2, -0.15) is 13.2 Å². The number of carbonyl (C=O) groups excluding carboxylic acids is 1. The van der Waals surface area contributed by atoms with E-state index < -0.39 is 24.0 Å². The minimum absolute atomic E-state index is 0.130. The Morgan fingerprint density at radius 3 is 2.59 bits per heavy atom. The van der Waals surface area contributed by atoms with Crippen molar-refractivity contribution in [3.05, 3.63) is 64.7 Å². The number of carbonyl (C=O) groups is 1. The number of hydrogen-bond acceptors (Lipinski definition) is 3. The molecule has 2 aromatic carbocycles. The third-order valence-electron chi connectivity index (χ3n) is 4.55. The monoisotopic (exact) mass is 378 g/mol. The maximum atomic E-state index is 14.0. The lowest BCUT2D eigenvalue weighted by Crippen LogP contribution is -2.32. The molecule has 144 valence electrons. The van der Waals surface area contributed by atoms with Crippen LogP contribution in [-0.4, -0.2) is 18.2 Å². The van der Waals surface area contributed by atoms with Crippen molar-refractivity contribution >= 4 is 5.91 Å². The van der Waals surface area contributed by atoms with E-state index in [2.05, 4.69) is 5.32 Å². The largest absolute Gasteiger partial charge is 0.491 e. The van der Waals surface area contributed by atoms with E-state index in [1.807, 2.05) is 13.8 Å². The Balaban J connectivity index is 2.01. The van der Waals surface area contributed by atoms with Crippen LogP contribution in [0.1, 0.15) is 52.9 Å². The zero-order chi connectivity index (χ0) is 19.8. The molecule has 3 rings (SSSR count). The molecule has 1 aliphatic rings. The van der Waals surface area contributed by atoms with Crippen molar-refractivity contribution in [2.75, 3.05) is 0 Å². The molecule has 1 unspecified atom stereocenters. The molecule has 0 spiro atoms. The summed E-state index contributed by atoms with van der Waals surface area (Å²) in [6.07, 6.45) is -4.60. The van der Waals surface area contributed by atoms with Gasteiger partial charge in [0.2, 0.25) is 5.91 Å². The van der Waals surface area contributed by atoms with E-state index in [9.17, 15) is 18.0 Å². The zero-order valence-corrected chi connectivity index (χ0v) is 15.0. The number of nitrogens with one attached hydrogen (secondary N) is 1. The van der Waals surface area contributed by atoms with Gasteiger partial charge in [-0.1, -0.05) is 18.2 Å². The molecule has 0 saturated carbocycles. The highest BCUT2D eigenvalue weighted by atomic mass is 19.4. The number of hydrogen-bond donors (Lipinski definition) is 2. The van der Waals surface area contributed by atoms with Crippen molar-refractivity contribution in [3.63, 3.8) is 0 Å². The molecule has 1 aliphatic heterocycles. The highest BCUT2D eigenvalue weighted by molar-refractivity contribution is 5.93. The molecule has 0 bridgehead atoms. The Morgan fingerprint density at radius 2 is 1.96 bits per heavy atom. The third kappa shape index (κ3) is 4.08. The van der Waals surface area contributed by atoms with Crippen molar-refractivity contribution in [2.45, 2.75) is 44.6 Å². The third-order valence-corrected chi connectivity index (χ3v) is 4.55. The number of fused-ring (bicyclic) bond motifs is 1. The summed E-state index contributed by atoms with van der Waals surface area (Å²) in [5.41, 5.74) is 6.86. The van der Waals surface area contributed by atoms with Crippen LogP contribution in [0.15, 0.2) is 42.5 Å². The van der Waals surface area contributed by atoms with Crippen molar-refractivity contribution in [1.82, 2.24) is 5.32 Å². The lowest BCUT2D eigenvalue weighted by Gasteiger charge is -2.28. The summed E-state index contributed by atoms with van der Waals surface area (Å²) in [5, 5.41) is 2.94. The summed E-state index contributed by atoms with van der Waals surface area (Å²) in [6, 6.07) is 9.73. The second-order valence-electron chi connectivity index (χ2n) is 6.89. The van der Waals surface area contributed by atoms with E-state index in [1.54, 1.807) is 24.3 Å². The van der Waals surface area contributed by atoms with Gasteiger partial charge in [0.25, 0.3) is 0 Å². The highest BCUT2D eigenvalue weighted by Crippen LogP contribution is 2.47. The van der Waals surface area contributed by atoms with Crippen LogP contribution in [-0.2, 0) is 6.54 Å². The van der Waals surface area contributed by atoms with Gasteiger partial charge in [0.05, 0.1) is 12.0 Å². The van der Waals surface area contributed by atoms with E-state index in [-0.39, 0.29) is 23.8 Å². The number of nitrogens with two attached hydrogens (primary N) is 1. The van der Waals surface area contributed by atoms with Gasteiger partial charge >= 0.3 is 6.18 Å². The first kappa shape index (κ1) is 19.2. The van der Waals surface area contributed by atoms with E-state index >= 15 is 0 Å². The van der Waals surface area contributed by atoms with Gasteiger partial charge in [0.15, 0.2) is 0 Å². The van der Waals surface area contributed by atoms with Crippen LogP contribution in [0.4, 0.5) is 13.2 Å². The summed E-state index contributed by atoms with van der Waals surface area (Å²) in [5.74, 6) is -1.94. The van der Waals surface area contributed by atoms with Crippen LogP contribution in [0.25, 0.3) is 0 Å². The summed E-state index contributed by atoms with van der Waals surface area (Å²) in [4.78, 5) is 11.3. The lowest BCUT2D eigenvalue weighted by molar-refractivity contribution is -0.157. The molecule has 1 heterocycles. The fraction of sp³-hybridized carbons (Fsp3) is 0.350. The Labute approximate surface area is 155 Å².